The molecule has 1 N–H and O–H groups in total. The first kappa shape index (κ1) is 7.95. The van der Waals surface area contributed by atoms with Crippen LogP contribution >= 0.6 is 0 Å². The van der Waals surface area contributed by atoms with Crippen molar-refractivity contribution in [2.45, 2.75) is 13.8 Å². The van der Waals surface area contributed by atoms with Gasteiger partial charge in [0.25, 0.3) is 0 Å². The van der Waals surface area contributed by atoms with Gasteiger partial charge in [0, 0.05) is 11.8 Å². The molecule has 2 nitrogen and oxygen atoms in total. The highest BCUT2D eigenvalue weighted by Gasteiger charge is 1.91. The lowest BCUT2D eigenvalue weighted by Gasteiger charge is -1.91. The summed E-state index contributed by atoms with van der Waals surface area (Å²) in [6.45, 7) is 6.70. The molecule has 0 fully saturated rings. The number of carbonyl (C=O) groups excluding carboxylic acids is 1. The van der Waals surface area contributed by atoms with E-state index >= 15 is 0 Å². The van der Waals surface area contributed by atoms with Crippen molar-refractivity contribution >= 4 is 5.78 Å². The van der Waals surface area contributed by atoms with E-state index in [2.05, 4.69) is 11.9 Å². The zero-order valence-corrected chi connectivity index (χ0v) is 5.77. The Morgan fingerprint density at radius 3 is 2.44 bits per heavy atom. The van der Waals surface area contributed by atoms with E-state index in [9.17, 15) is 4.79 Å². The molecule has 0 bridgehead atoms. The van der Waals surface area contributed by atoms with Gasteiger partial charge >= 0.3 is 0 Å². The molecule has 50 valence electrons. The quantitative estimate of drug-likeness (QED) is 0.574. The highest BCUT2D eigenvalue weighted by Crippen LogP contribution is 1.89. The van der Waals surface area contributed by atoms with Gasteiger partial charge in [-0.05, 0) is 20.0 Å². The van der Waals surface area contributed by atoms with Crippen LogP contribution in [0.4, 0.5) is 0 Å². The molecule has 0 heterocycles. The summed E-state index contributed by atoms with van der Waals surface area (Å²) in [7, 11) is 0. The Hall–Kier alpha value is -1.05. The van der Waals surface area contributed by atoms with Crippen molar-refractivity contribution in [3.63, 3.8) is 0 Å². The van der Waals surface area contributed by atoms with Crippen LogP contribution in [0.2, 0.25) is 0 Å². The lowest BCUT2D eigenvalue weighted by atomic mass is 10.2. The molecule has 0 aromatic carbocycles. The zero-order valence-electron chi connectivity index (χ0n) is 5.77. The smallest absolute Gasteiger partial charge is 0.156 e. The average Bonchev–Trinajstić information content (AvgIpc) is 1.82. The van der Waals surface area contributed by atoms with E-state index in [-0.39, 0.29) is 5.78 Å². The second kappa shape index (κ2) is 3.89. The van der Waals surface area contributed by atoms with Crippen molar-refractivity contribution < 1.29 is 4.79 Å². The molecule has 0 amide bonds. The average molecular weight is 125 g/mol. The minimum absolute atomic E-state index is 0.0735. The van der Waals surface area contributed by atoms with Crippen LogP contribution in [0.25, 0.3) is 0 Å². The van der Waals surface area contributed by atoms with E-state index in [1.54, 1.807) is 13.1 Å². The molecule has 0 aliphatic rings. The molecular weight excluding hydrogens is 114 g/mol. The van der Waals surface area contributed by atoms with Crippen LogP contribution in [0.15, 0.2) is 24.6 Å². The lowest BCUT2D eigenvalue weighted by molar-refractivity contribution is -0.113. The van der Waals surface area contributed by atoms with Crippen molar-refractivity contribution in [2.75, 3.05) is 0 Å². The van der Waals surface area contributed by atoms with Crippen LogP contribution in [-0.4, -0.2) is 5.78 Å². The van der Waals surface area contributed by atoms with Crippen LogP contribution in [0.1, 0.15) is 13.8 Å². The first-order chi connectivity index (χ1) is 4.18. The molecule has 0 rings (SSSR count). The van der Waals surface area contributed by atoms with E-state index in [1.165, 1.54) is 13.1 Å². The van der Waals surface area contributed by atoms with Crippen molar-refractivity contribution in [1.82, 2.24) is 5.32 Å². The molecule has 0 saturated carbocycles. The van der Waals surface area contributed by atoms with Gasteiger partial charge in [0.05, 0.1) is 0 Å². The van der Waals surface area contributed by atoms with Crippen molar-refractivity contribution in [3.05, 3.63) is 24.6 Å². The Morgan fingerprint density at radius 1 is 1.56 bits per heavy atom. The number of ketones is 1. The molecular formula is C7H11NO. The summed E-state index contributed by atoms with van der Waals surface area (Å²) in [4.78, 5) is 10.5. The van der Waals surface area contributed by atoms with Crippen molar-refractivity contribution in [3.8, 4) is 0 Å². The van der Waals surface area contributed by atoms with Gasteiger partial charge in [-0.2, -0.15) is 0 Å². The maximum atomic E-state index is 10.5. The van der Waals surface area contributed by atoms with Gasteiger partial charge in [-0.25, -0.2) is 0 Å². The molecule has 0 aliphatic heterocycles. The zero-order chi connectivity index (χ0) is 7.28. The Balaban J connectivity index is 3.83. The summed E-state index contributed by atoms with van der Waals surface area (Å²) in [5.74, 6) is 0.0735. The van der Waals surface area contributed by atoms with Crippen molar-refractivity contribution in [2.24, 2.45) is 0 Å². The van der Waals surface area contributed by atoms with Crippen LogP contribution < -0.4 is 5.32 Å². The van der Waals surface area contributed by atoms with Crippen molar-refractivity contribution in [1.29, 1.82) is 0 Å². The molecule has 0 unspecified atom stereocenters. The summed E-state index contributed by atoms with van der Waals surface area (Å²) < 4.78 is 0. The summed E-state index contributed by atoms with van der Waals surface area (Å²) in [6.07, 6.45) is 3.14. The summed E-state index contributed by atoms with van der Waals surface area (Å²) in [5, 5.41) is 2.71. The van der Waals surface area contributed by atoms with E-state index in [1.807, 2.05) is 0 Å². The van der Waals surface area contributed by atoms with Crippen LogP contribution in [0, 0.1) is 0 Å². The van der Waals surface area contributed by atoms with Gasteiger partial charge < -0.3 is 5.32 Å². The van der Waals surface area contributed by atoms with Gasteiger partial charge in [0.2, 0.25) is 0 Å². The number of Topliss-reactive ketones (excluding diaryl/α,β-unsaturated/α-hetero) is 1. The van der Waals surface area contributed by atoms with Gasteiger partial charge in [0.15, 0.2) is 5.78 Å². The Kier molecular flexibility index (Phi) is 3.44. The fourth-order valence-corrected chi connectivity index (χ4v) is 0.286. The minimum Gasteiger partial charge on any atom is -0.368 e. The summed E-state index contributed by atoms with van der Waals surface area (Å²) in [5.41, 5.74) is 0.704. The molecule has 0 aliphatic carbocycles. The maximum absolute atomic E-state index is 10.5. The molecule has 0 aromatic rings. The number of hydrogen-bond acceptors (Lipinski definition) is 2. The van der Waals surface area contributed by atoms with Crippen LogP contribution in [-0.2, 0) is 4.79 Å². The first-order valence-electron chi connectivity index (χ1n) is 2.73. The Bertz CT molecular complexity index is 147. The molecule has 9 heavy (non-hydrogen) atoms. The van der Waals surface area contributed by atoms with Crippen LogP contribution in [0.3, 0.4) is 0 Å². The van der Waals surface area contributed by atoms with Crippen LogP contribution in [0.5, 0.6) is 0 Å². The number of rotatable bonds is 3. The van der Waals surface area contributed by atoms with Gasteiger partial charge in [0.1, 0.15) is 0 Å². The highest BCUT2D eigenvalue weighted by molar-refractivity contribution is 5.92. The lowest BCUT2D eigenvalue weighted by Crippen LogP contribution is -1.98. The van der Waals surface area contributed by atoms with E-state index in [0.717, 1.165) is 0 Å². The monoisotopic (exact) mass is 125 g/mol. The largest absolute Gasteiger partial charge is 0.368 e. The molecule has 2 heteroatoms. The van der Waals surface area contributed by atoms with E-state index in [0.29, 0.717) is 5.57 Å². The standard InChI is InChI=1S/C7H11NO/c1-4-8-5-6(2)7(3)9/h4-5,8H,1H2,2-3H3/b6-5+. The third-order valence-electron chi connectivity index (χ3n) is 0.973. The predicted octanol–water partition coefficient (Wildman–Crippen LogP) is 1.21. The SMILES string of the molecule is C=CN/C=C(\C)C(C)=O. The number of allylic oxidation sites excluding steroid dienone is 1. The predicted molar refractivity (Wildman–Crippen MR) is 37.8 cm³/mol. The maximum Gasteiger partial charge on any atom is 0.156 e. The molecule has 0 atom stereocenters. The van der Waals surface area contributed by atoms with Gasteiger partial charge in [-0.3, -0.25) is 4.79 Å². The Labute approximate surface area is 55.3 Å². The minimum atomic E-state index is 0.0735. The number of hydrogen-bond donors (Lipinski definition) is 1. The molecule has 0 saturated heterocycles. The second-order valence-electron chi connectivity index (χ2n) is 1.75. The van der Waals surface area contributed by atoms with E-state index in [4.69, 9.17) is 0 Å². The fraction of sp³-hybridized carbons (Fsp3) is 0.286. The number of carbonyl (C=O) groups is 1. The third kappa shape index (κ3) is 3.53. The van der Waals surface area contributed by atoms with Gasteiger partial charge in [-0.1, -0.05) is 6.58 Å². The number of nitrogens with one attached hydrogen (secondary N) is 1. The van der Waals surface area contributed by atoms with Gasteiger partial charge in [-0.15, -0.1) is 0 Å². The third-order valence-corrected chi connectivity index (χ3v) is 0.973. The summed E-state index contributed by atoms with van der Waals surface area (Å²) >= 11 is 0. The first-order valence-corrected chi connectivity index (χ1v) is 2.73. The molecule has 0 aromatic heterocycles. The highest BCUT2D eigenvalue weighted by atomic mass is 16.1. The normalized spacial score (nSPS) is 10.7. The Morgan fingerprint density at radius 2 is 2.11 bits per heavy atom. The molecule has 0 spiro atoms. The fourth-order valence-electron chi connectivity index (χ4n) is 0.286. The topological polar surface area (TPSA) is 29.1 Å². The summed E-state index contributed by atoms with van der Waals surface area (Å²) in [6, 6.07) is 0. The second-order valence-corrected chi connectivity index (χ2v) is 1.75. The molecule has 0 radical (unpaired) electrons. The van der Waals surface area contributed by atoms with E-state index < -0.39 is 0 Å².